The van der Waals surface area contributed by atoms with Crippen LogP contribution in [0.15, 0.2) is 40.5 Å². The van der Waals surface area contributed by atoms with Gasteiger partial charge >= 0.3 is 0 Å². The molecule has 4 N–H and O–H groups in total. The number of nitrogens with zero attached hydrogens (tertiary/aromatic N) is 5. The number of rotatable bonds is 6. The first-order valence-electron chi connectivity index (χ1n) is 11.9. The molecule has 1 amide bonds. The van der Waals surface area contributed by atoms with Crippen molar-refractivity contribution < 1.29 is 13.2 Å². The van der Waals surface area contributed by atoms with Crippen LogP contribution in [0.1, 0.15) is 42.1 Å². The number of amides is 1. The maximum atomic E-state index is 13.8. The molecule has 1 saturated heterocycles. The molecule has 2 fully saturated rings. The van der Waals surface area contributed by atoms with E-state index in [9.17, 15) is 13.2 Å². The van der Waals surface area contributed by atoms with E-state index < -0.39 is 15.6 Å². The van der Waals surface area contributed by atoms with E-state index in [1.54, 1.807) is 27.9 Å². The topological polar surface area (TPSA) is 138 Å². The molecule has 2 aromatic rings. The van der Waals surface area contributed by atoms with E-state index in [0.717, 1.165) is 24.8 Å². The molecule has 186 valence electrons. The molecular weight excluding hydrogens is 468 g/mol. The summed E-state index contributed by atoms with van der Waals surface area (Å²) in [5.41, 5.74) is 7.10. The minimum atomic E-state index is -3.76. The van der Waals surface area contributed by atoms with Crippen LogP contribution in [0.5, 0.6) is 0 Å². The normalized spacial score (nSPS) is 26.8. The molecule has 12 heteroatoms. The minimum Gasteiger partial charge on any atom is -0.329 e. The van der Waals surface area contributed by atoms with Crippen molar-refractivity contribution in [2.45, 2.75) is 54.7 Å². The van der Waals surface area contributed by atoms with Gasteiger partial charge in [-0.2, -0.15) is 5.10 Å². The van der Waals surface area contributed by atoms with Crippen LogP contribution in [-0.4, -0.2) is 71.7 Å². The van der Waals surface area contributed by atoms with Crippen LogP contribution in [0, 0.1) is 0 Å². The first kappa shape index (κ1) is 22.7. The Bertz CT molecular complexity index is 1350. The van der Waals surface area contributed by atoms with E-state index in [-0.39, 0.29) is 22.4 Å². The van der Waals surface area contributed by atoms with E-state index in [1.165, 1.54) is 6.07 Å². The van der Waals surface area contributed by atoms with Gasteiger partial charge in [-0.05, 0) is 44.4 Å². The van der Waals surface area contributed by atoms with Crippen molar-refractivity contribution in [3.05, 3.63) is 41.7 Å². The summed E-state index contributed by atoms with van der Waals surface area (Å²) in [6, 6.07) is 4.99. The summed E-state index contributed by atoms with van der Waals surface area (Å²) >= 11 is 0. The number of fused-ring (bicyclic) bond motifs is 4. The number of carbonyl (C=O) groups is 1. The SMILES string of the molecule is Cn1cc(CN2C(=O)c3cc(S(=O)(=O)NC4(C)CC4)ccc3N3C2=NCC32CNC(CN)C2)cn1. The predicted molar refractivity (Wildman–Crippen MR) is 130 cm³/mol. The number of benzene rings is 1. The smallest absolute Gasteiger partial charge is 0.263 e. The van der Waals surface area contributed by atoms with Gasteiger partial charge < -0.3 is 16.0 Å². The third kappa shape index (κ3) is 3.66. The fourth-order valence-electron chi connectivity index (χ4n) is 5.37. The number of nitrogens with one attached hydrogen (secondary N) is 2. The van der Waals surface area contributed by atoms with Gasteiger partial charge in [0.1, 0.15) is 0 Å². The fraction of sp³-hybridized carbons (Fsp3) is 0.522. The van der Waals surface area contributed by atoms with Gasteiger partial charge in [0.05, 0.1) is 41.0 Å². The zero-order chi connectivity index (χ0) is 24.6. The zero-order valence-corrected chi connectivity index (χ0v) is 20.7. The molecule has 2 atom stereocenters. The lowest BCUT2D eigenvalue weighted by Crippen LogP contribution is -2.59. The standard InChI is InChI=1S/C23H30N8O3S/c1-22(5-6-22)28-35(33,34)17-3-4-19-18(7-17)20(32)30(12-15-10-27-29(2)11-15)21-26-14-23(31(19)21)8-16(9-24)25-13-23/h3-4,7,10-11,16,25,28H,5-6,8-9,12-14,24H2,1-2H3. The number of guanidine groups is 1. The van der Waals surface area contributed by atoms with Gasteiger partial charge in [-0.25, -0.2) is 18.1 Å². The number of sulfonamides is 1. The summed E-state index contributed by atoms with van der Waals surface area (Å²) < 4.78 is 30.7. The van der Waals surface area contributed by atoms with Crippen LogP contribution in [0.3, 0.4) is 0 Å². The molecule has 0 bridgehead atoms. The van der Waals surface area contributed by atoms with Crippen LogP contribution >= 0.6 is 0 Å². The second-order valence-corrected chi connectivity index (χ2v) is 12.1. The highest BCUT2D eigenvalue weighted by Gasteiger charge is 2.53. The fourth-order valence-corrected chi connectivity index (χ4v) is 6.86. The third-order valence-corrected chi connectivity index (χ3v) is 9.17. The third-order valence-electron chi connectivity index (χ3n) is 7.54. The number of carbonyl (C=O) groups excluding carboxylic acids is 1. The Balaban J connectivity index is 1.44. The number of anilines is 1. The van der Waals surface area contributed by atoms with Crippen LogP contribution < -0.4 is 20.7 Å². The average Bonchev–Trinajstić information content (AvgIpc) is 3.18. The van der Waals surface area contributed by atoms with Gasteiger partial charge in [0.15, 0.2) is 0 Å². The van der Waals surface area contributed by atoms with Gasteiger partial charge in [0, 0.05) is 43.5 Å². The molecule has 1 aromatic carbocycles. The molecule has 1 spiro atoms. The Morgan fingerprint density at radius 2 is 2.11 bits per heavy atom. The van der Waals surface area contributed by atoms with Crippen molar-refractivity contribution in [3.63, 3.8) is 0 Å². The monoisotopic (exact) mass is 498 g/mol. The molecule has 6 rings (SSSR count). The second kappa shape index (κ2) is 7.60. The van der Waals surface area contributed by atoms with Gasteiger partial charge in [-0.15, -0.1) is 0 Å². The molecule has 2 unspecified atom stereocenters. The number of hydrogen-bond donors (Lipinski definition) is 3. The van der Waals surface area contributed by atoms with Crippen molar-refractivity contribution in [1.82, 2.24) is 24.7 Å². The molecule has 11 nitrogen and oxygen atoms in total. The molecule has 4 aliphatic rings. The van der Waals surface area contributed by atoms with Crippen molar-refractivity contribution in [2.75, 3.05) is 24.5 Å². The quantitative estimate of drug-likeness (QED) is 0.515. The second-order valence-electron chi connectivity index (χ2n) is 10.5. The van der Waals surface area contributed by atoms with Gasteiger partial charge in [-0.1, -0.05) is 0 Å². The Kier molecular flexibility index (Phi) is 4.92. The maximum absolute atomic E-state index is 13.8. The molecule has 0 radical (unpaired) electrons. The number of aliphatic imine (C=N–C) groups is 1. The Morgan fingerprint density at radius 3 is 2.77 bits per heavy atom. The molecule has 4 heterocycles. The summed E-state index contributed by atoms with van der Waals surface area (Å²) in [6.07, 6.45) is 5.98. The zero-order valence-electron chi connectivity index (χ0n) is 19.9. The van der Waals surface area contributed by atoms with Crippen LogP contribution in [-0.2, 0) is 23.6 Å². The summed E-state index contributed by atoms with van der Waals surface area (Å²) in [4.78, 5) is 22.5. The molecule has 1 saturated carbocycles. The maximum Gasteiger partial charge on any atom is 0.263 e. The summed E-state index contributed by atoms with van der Waals surface area (Å²) in [6.45, 7) is 3.90. The van der Waals surface area contributed by atoms with Crippen molar-refractivity contribution in [3.8, 4) is 0 Å². The molecule has 1 aromatic heterocycles. The van der Waals surface area contributed by atoms with Gasteiger partial charge in [-0.3, -0.25) is 14.4 Å². The molecular formula is C23H30N8O3S. The van der Waals surface area contributed by atoms with Crippen molar-refractivity contribution in [2.24, 2.45) is 17.8 Å². The highest BCUT2D eigenvalue weighted by molar-refractivity contribution is 7.89. The Morgan fingerprint density at radius 1 is 1.31 bits per heavy atom. The summed E-state index contributed by atoms with van der Waals surface area (Å²) in [7, 11) is -1.93. The first-order chi connectivity index (χ1) is 16.6. The van der Waals surface area contributed by atoms with E-state index in [0.29, 0.717) is 43.4 Å². The first-order valence-corrected chi connectivity index (χ1v) is 13.4. The Labute approximate surface area is 204 Å². The minimum absolute atomic E-state index is 0.0945. The number of aromatic nitrogens is 2. The highest BCUT2D eigenvalue weighted by atomic mass is 32.2. The Hall–Kier alpha value is -2.80. The number of nitrogens with two attached hydrogens (primary N) is 1. The lowest BCUT2D eigenvalue weighted by molar-refractivity contribution is 0.0831. The molecule has 3 aliphatic heterocycles. The van der Waals surface area contributed by atoms with E-state index in [1.807, 2.05) is 20.2 Å². The summed E-state index contributed by atoms with van der Waals surface area (Å²) in [5, 5.41) is 7.72. The van der Waals surface area contributed by atoms with Crippen molar-refractivity contribution >= 4 is 27.6 Å². The lowest BCUT2D eigenvalue weighted by atomic mass is 9.92. The van der Waals surface area contributed by atoms with Crippen LogP contribution in [0.4, 0.5) is 5.69 Å². The number of hydrogen-bond acceptors (Lipinski definition) is 8. The summed E-state index contributed by atoms with van der Waals surface area (Å²) in [5.74, 6) is 0.317. The number of aryl methyl sites for hydroxylation is 1. The van der Waals surface area contributed by atoms with Crippen molar-refractivity contribution in [1.29, 1.82) is 0 Å². The average molecular weight is 499 g/mol. The van der Waals surface area contributed by atoms with E-state index in [2.05, 4.69) is 20.0 Å². The van der Waals surface area contributed by atoms with E-state index >= 15 is 0 Å². The van der Waals surface area contributed by atoms with Gasteiger partial charge in [0.25, 0.3) is 5.91 Å². The lowest BCUT2D eigenvalue weighted by Gasteiger charge is -2.43. The molecule has 35 heavy (non-hydrogen) atoms. The van der Waals surface area contributed by atoms with Gasteiger partial charge in [0.2, 0.25) is 16.0 Å². The highest BCUT2D eigenvalue weighted by Crippen LogP contribution is 2.43. The largest absolute Gasteiger partial charge is 0.329 e. The van der Waals surface area contributed by atoms with E-state index in [4.69, 9.17) is 10.7 Å². The van der Waals surface area contributed by atoms with Crippen LogP contribution in [0.2, 0.25) is 0 Å². The predicted octanol–water partition coefficient (Wildman–Crippen LogP) is 0.142. The molecule has 1 aliphatic carbocycles. The van der Waals surface area contributed by atoms with Crippen LogP contribution in [0.25, 0.3) is 0 Å².